The molecule has 0 aliphatic heterocycles. The maximum Gasteiger partial charge on any atom is 0.243 e. The van der Waals surface area contributed by atoms with E-state index in [1.165, 1.54) is 12.8 Å². The summed E-state index contributed by atoms with van der Waals surface area (Å²) in [6, 6.07) is 23.9. The van der Waals surface area contributed by atoms with E-state index in [-0.39, 0.29) is 0 Å². The Kier molecular flexibility index (Phi) is 7.29. The molecule has 0 radical (unpaired) electrons. The fourth-order valence-corrected chi connectivity index (χ4v) is 4.53. The van der Waals surface area contributed by atoms with Gasteiger partial charge in [-0.2, -0.15) is 9.97 Å². The third-order valence-electron chi connectivity index (χ3n) is 6.21. The van der Waals surface area contributed by atoms with Gasteiger partial charge in [0.1, 0.15) is 29.0 Å². The number of aromatic nitrogens is 6. The number of hydrogen-bond donors (Lipinski definition) is 1. The first kappa shape index (κ1) is 25.2. The second kappa shape index (κ2) is 11.3. The molecule has 1 aliphatic rings. The van der Waals surface area contributed by atoms with E-state index in [0.29, 0.717) is 46.8 Å². The number of fused-ring (bicyclic) bond motifs is 2. The van der Waals surface area contributed by atoms with Gasteiger partial charge in [-0.1, -0.05) is 83.9 Å². The van der Waals surface area contributed by atoms with Crippen LogP contribution >= 0.6 is 23.2 Å². The van der Waals surface area contributed by atoms with Gasteiger partial charge in [-0.3, -0.25) is 0 Å². The minimum atomic E-state index is 0.384. The number of nitrogens with zero attached hydrogens (tertiary/aromatic N) is 5. The van der Waals surface area contributed by atoms with Crippen LogP contribution in [0.25, 0.3) is 22.1 Å². The van der Waals surface area contributed by atoms with Gasteiger partial charge in [0.2, 0.25) is 11.8 Å². The number of imidazole rings is 2. The predicted molar refractivity (Wildman–Crippen MR) is 151 cm³/mol. The Morgan fingerprint density at radius 1 is 0.795 bits per heavy atom. The van der Waals surface area contributed by atoms with E-state index in [9.17, 15) is 0 Å². The maximum atomic E-state index is 6.07. The van der Waals surface area contributed by atoms with Gasteiger partial charge in [-0.05, 0) is 24.0 Å². The van der Waals surface area contributed by atoms with Crippen molar-refractivity contribution in [1.82, 2.24) is 29.5 Å². The van der Waals surface area contributed by atoms with Crippen molar-refractivity contribution >= 4 is 45.3 Å². The van der Waals surface area contributed by atoms with Gasteiger partial charge in [0.15, 0.2) is 5.52 Å². The molecule has 0 spiro atoms. The summed E-state index contributed by atoms with van der Waals surface area (Å²) in [7, 11) is 0. The Balaban J connectivity index is 0.000000144. The van der Waals surface area contributed by atoms with Crippen LogP contribution in [0.15, 0.2) is 85.5 Å². The van der Waals surface area contributed by atoms with E-state index in [0.717, 1.165) is 27.7 Å². The molecule has 196 valence electrons. The van der Waals surface area contributed by atoms with Crippen LogP contribution in [0.2, 0.25) is 10.3 Å². The quantitative estimate of drug-likeness (QED) is 0.208. The molecule has 10 heteroatoms. The van der Waals surface area contributed by atoms with Crippen molar-refractivity contribution in [3.8, 4) is 11.8 Å². The molecule has 0 saturated heterocycles. The Morgan fingerprint density at radius 3 is 2.08 bits per heavy atom. The molecule has 6 aromatic rings. The van der Waals surface area contributed by atoms with E-state index in [1.807, 2.05) is 67.0 Å². The first-order valence-corrected chi connectivity index (χ1v) is 13.3. The highest BCUT2D eigenvalue weighted by Crippen LogP contribution is 2.39. The Morgan fingerprint density at radius 2 is 1.41 bits per heavy atom. The minimum absolute atomic E-state index is 0.384. The number of aromatic amines is 1. The van der Waals surface area contributed by atoms with Crippen molar-refractivity contribution in [3.05, 3.63) is 107 Å². The fraction of sp³-hybridized carbons (Fsp3) is 0.172. The van der Waals surface area contributed by atoms with E-state index < -0.39 is 0 Å². The van der Waals surface area contributed by atoms with Gasteiger partial charge in [-0.15, -0.1) is 0 Å². The average molecular weight is 559 g/mol. The highest BCUT2D eigenvalue weighted by Gasteiger charge is 2.27. The van der Waals surface area contributed by atoms with E-state index in [1.54, 1.807) is 18.5 Å². The molecular formula is C29H24Cl2N6O2. The first-order valence-electron chi connectivity index (χ1n) is 12.5. The molecule has 4 heterocycles. The third kappa shape index (κ3) is 5.97. The lowest BCUT2D eigenvalue weighted by Crippen LogP contribution is -2.01. The van der Waals surface area contributed by atoms with Crippen molar-refractivity contribution in [3.63, 3.8) is 0 Å². The zero-order valence-electron chi connectivity index (χ0n) is 20.8. The van der Waals surface area contributed by atoms with Crippen LogP contribution in [0.5, 0.6) is 11.8 Å². The first-order chi connectivity index (χ1) is 19.1. The number of rotatable bonds is 7. The summed E-state index contributed by atoms with van der Waals surface area (Å²) >= 11 is 12.0. The number of nitrogens with one attached hydrogen (secondary N) is 1. The fourth-order valence-electron chi connectivity index (χ4n) is 4.16. The maximum absolute atomic E-state index is 6.07. The molecule has 1 aliphatic carbocycles. The monoisotopic (exact) mass is 558 g/mol. The zero-order valence-corrected chi connectivity index (χ0v) is 22.3. The molecule has 2 aromatic carbocycles. The van der Waals surface area contributed by atoms with Crippen molar-refractivity contribution in [2.75, 3.05) is 0 Å². The highest BCUT2D eigenvalue weighted by atomic mass is 35.5. The summed E-state index contributed by atoms with van der Waals surface area (Å²) in [6.07, 6.45) is 5.83. The number of benzene rings is 2. The highest BCUT2D eigenvalue weighted by molar-refractivity contribution is 6.30. The van der Waals surface area contributed by atoms with Crippen LogP contribution in [-0.2, 0) is 13.2 Å². The molecule has 0 bridgehead atoms. The molecule has 1 fully saturated rings. The standard InChI is InChI=1S/C16H14ClN3O.C13H10ClN3O/c17-14-8-13-15(20(10-18-13)12-6-7-12)16(19-14)21-9-11-4-2-1-3-5-11;14-11-6-10-12(16-8-15-10)13(17-11)18-7-9-4-2-1-3-5-9/h1-5,8,10,12H,6-7,9H2;1-6,8H,7H2,(H,15,16). The van der Waals surface area contributed by atoms with E-state index >= 15 is 0 Å². The number of pyridine rings is 2. The van der Waals surface area contributed by atoms with Gasteiger partial charge >= 0.3 is 0 Å². The molecule has 0 unspecified atom stereocenters. The molecule has 0 amide bonds. The van der Waals surface area contributed by atoms with E-state index in [2.05, 4.69) is 29.5 Å². The van der Waals surface area contributed by atoms with E-state index in [4.69, 9.17) is 32.7 Å². The predicted octanol–water partition coefficient (Wildman–Crippen LogP) is 7.19. The van der Waals surface area contributed by atoms with Crippen molar-refractivity contribution < 1.29 is 9.47 Å². The van der Waals surface area contributed by atoms with Crippen molar-refractivity contribution in [2.24, 2.45) is 0 Å². The van der Waals surface area contributed by atoms with Crippen LogP contribution in [0.4, 0.5) is 0 Å². The molecule has 7 rings (SSSR count). The third-order valence-corrected chi connectivity index (χ3v) is 6.60. The van der Waals surface area contributed by atoms with Crippen LogP contribution < -0.4 is 9.47 Å². The molecule has 4 aromatic heterocycles. The van der Waals surface area contributed by atoms with Crippen molar-refractivity contribution in [2.45, 2.75) is 32.1 Å². The summed E-state index contributed by atoms with van der Waals surface area (Å²) in [6.45, 7) is 0.912. The zero-order chi connectivity index (χ0) is 26.6. The second-order valence-electron chi connectivity index (χ2n) is 9.10. The molecule has 1 N–H and O–H groups in total. The smallest absolute Gasteiger partial charge is 0.243 e. The number of hydrogen-bond acceptors (Lipinski definition) is 6. The van der Waals surface area contributed by atoms with Crippen LogP contribution in [0.3, 0.4) is 0 Å². The lowest BCUT2D eigenvalue weighted by molar-refractivity contribution is 0.296. The van der Waals surface area contributed by atoms with Crippen molar-refractivity contribution in [1.29, 1.82) is 0 Å². The largest absolute Gasteiger partial charge is 0.471 e. The lowest BCUT2D eigenvalue weighted by Gasteiger charge is -2.09. The topological polar surface area (TPSA) is 90.7 Å². The number of H-pyrrole nitrogens is 1. The summed E-state index contributed by atoms with van der Waals surface area (Å²) in [4.78, 5) is 20.1. The van der Waals surface area contributed by atoms with Gasteiger partial charge in [0, 0.05) is 18.2 Å². The summed E-state index contributed by atoms with van der Waals surface area (Å²) in [5.41, 5.74) is 5.46. The van der Waals surface area contributed by atoms with Crippen LogP contribution in [0.1, 0.15) is 30.0 Å². The van der Waals surface area contributed by atoms with Gasteiger partial charge in [0.05, 0.1) is 23.7 Å². The molecular weight excluding hydrogens is 535 g/mol. The lowest BCUT2D eigenvalue weighted by atomic mass is 10.2. The number of ether oxygens (including phenoxy) is 2. The summed E-state index contributed by atoms with van der Waals surface area (Å²) in [5, 5.41) is 0.793. The van der Waals surface area contributed by atoms with Gasteiger partial charge < -0.3 is 19.0 Å². The molecule has 8 nitrogen and oxygen atoms in total. The Bertz CT molecular complexity index is 1700. The van der Waals surface area contributed by atoms with Crippen LogP contribution in [-0.4, -0.2) is 29.5 Å². The average Bonchev–Trinajstić information content (AvgIpc) is 3.54. The number of halogens is 2. The summed E-state index contributed by atoms with van der Waals surface area (Å²) < 4.78 is 13.7. The summed E-state index contributed by atoms with van der Waals surface area (Å²) in [5.74, 6) is 1.01. The Hall–Kier alpha value is -4.14. The molecule has 39 heavy (non-hydrogen) atoms. The molecule has 0 atom stereocenters. The SMILES string of the molecule is Clc1cc2[nH]cnc2c(OCc2ccccc2)n1.Clc1cc2ncn(C3CC3)c2c(OCc2ccccc2)n1. The molecule has 1 saturated carbocycles. The van der Waals surface area contributed by atoms with Gasteiger partial charge in [-0.25, -0.2) is 9.97 Å². The normalized spacial score (nSPS) is 12.8. The van der Waals surface area contributed by atoms with Gasteiger partial charge in [0.25, 0.3) is 0 Å². The second-order valence-corrected chi connectivity index (χ2v) is 9.87. The van der Waals surface area contributed by atoms with Crippen LogP contribution in [0, 0.1) is 0 Å². The Labute approximate surface area is 234 Å². The minimum Gasteiger partial charge on any atom is -0.471 e.